The second-order valence-corrected chi connectivity index (χ2v) is 5.10. The van der Waals surface area contributed by atoms with Crippen LogP contribution in [0.2, 0.25) is 0 Å². The number of hydrogen-bond acceptors (Lipinski definition) is 3. The molecule has 0 unspecified atom stereocenters. The molecular formula is C13H24N2O2. The van der Waals surface area contributed by atoms with Gasteiger partial charge in [-0.3, -0.25) is 4.79 Å². The zero-order chi connectivity index (χ0) is 12.1. The molecule has 17 heavy (non-hydrogen) atoms. The fourth-order valence-electron chi connectivity index (χ4n) is 2.80. The smallest absolute Gasteiger partial charge is 0.239 e. The summed E-state index contributed by atoms with van der Waals surface area (Å²) in [5, 5.41) is 3.29. The minimum absolute atomic E-state index is 0.0841. The van der Waals surface area contributed by atoms with E-state index in [1.165, 1.54) is 6.42 Å². The molecule has 0 aliphatic carbocycles. The summed E-state index contributed by atoms with van der Waals surface area (Å²) in [5.74, 6) is 0.845. The molecular weight excluding hydrogens is 216 g/mol. The SMILES string of the molecule is CCOC[C@@H]1CCCN(C(=O)[C@H]2CCCN2)C1. The quantitative estimate of drug-likeness (QED) is 0.797. The summed E-state index contributed by atoms with van der Waals surface area (Å²) in [5.41, 5.74) is 0. The van der Waals surface area contributed by atoms with Crippen molar-refractivity contribution in [2.24, 2.45) is 5.92 Å². The highest BCUT2D eigenvalue weighted by molar-refractivity contribution is 5.82. The summed E-state index contributed by atoms with van der Waals surface area (Å²) < 4.78 is 5.47. The van der Waals surface area contributed by atoms with Crippen LogP contribution in [0, 0.1) is 5.92 Å². The number of nitrogens with zero attached hydrogens (tertiary/aromatic N) is 1. The van der Waals surface area contributed by atoms with E-state index >= 15 is 0 Å². The molecule has 0 aromatic rings. The highest BCUT2D eigenvalue weighted by Crippen LogP contribution is 2.19. The second-order valence-electron chi connectivity index (χ2n) is 5.10. The average molecular weight is 240 g/mol. The van der Waals surface area contributed by atoms with Gasteiger partial charge in [-0.05, 0) is 45.1 Å². The monoisotopic (exact) mass is 240 g/mol. The number of nitrogens with one attached hydrogen (secondary N) is 1. The van der Waals surface area contributed by atoms with E-state index in [1.54, 1.807) is 0 Å². The standard InChI is InChI=1S/C13H24N2O2/c1-2-17-10-11-5-4-8-15(9-11)13(16)12-6-3-7-14-12/h11-12,14H,2-10H2,1H3/t11-,12-/m1/s1. The molecule has 2 aliphatic heterocycles. The minimum atomic E-state index is 0.0841. The van der Waals surface area contributed by atoms with Crippen LogP contribution in [0.4, 0.5) is 0 Å². The molecule has 1 N–H and O–H groups in total. The number of amides is 1. The van der Waals surface area contributed by atoms with E-state index in [0.29, 0.717) is 11.8 Å². The van der Waals surface area contributed by atoms with Crippen LogP contribution < -0.4 is 5.32 Å². The van der Waals surface area contributed by atoms with Crippen LogP contribution in [-0.4, -0.2) is 49.7 Å². The largest absolute Gasteiger partial charge is 0.381 e. The van der Waals surface area contributed by atoms with Crippen molar-refractivity contribution in [3.63, 3.8) is 0 Å². The molecule has 2 heterocycles. The minimum Gasteiger partial charge on any atom is -0.381 e. The topological polar surface area (TPSA) is 41.6 Å². The molecule has 4 heteroatoms. The summed E-state index contributed by atoms with van der Waals surface area (Å²) in [6, 6.07) is 0.0841. The Morgan fingerprint density at radius 3 is 3.00 bits per heavy atom. The number of rotatable bonds is 4. The molecule has 2 fully saturated rings. The van der Waals surface area contributed by atoms with E-state index in [4.69, 9.17) is 4.74 Å². The van der Waals surface area contributed by atoms with E-state index < -0.39 is 0 Å². The Labute approximate surface area is 104 Å². The Morgan fingerprint density at radius 1 is 1.41 bits per heavy atom. The second kappa shape index (κ2) is 6.36. The Hall–Kier alpha value is -0.610. The fraction of sp³-hybridized carbons (Fsp3) is 0.923. The number of carbonyl (C=O) groups is 1. The first-order valence-corrected chi connectivity index (χ1v) is 6.91. The van der Waals surface area contributed by atoms with Crippen LogP contribution in [0.3, 0.4) is 0 Å². The van der Waals surface area contributed by atoms with Gasteiger partial charge in [-0.15, -0.1) is 0 Å². The molecule has 98 valence electrons. The maximum absolute atomic E-state index is 12.2. The van der Waals surface area contributed by atoms with Crippen LogP contribution >= 0.6 is 0 Å². The summed E-state index contributed by atoms with van der Waals surface area (Å²) >= 11 is 0. The van der Waals surface area contributed by atoms with Gasteiger partial charge in [0.2, 0.25) is 5.91 Å². The normalized spacial score (nSPS) is 29.6. The van der Waals surface area contributed by atoms with Gasteiger partial charge in [-0.2, -0.15) is 0 Å². The molecule has 2 saturated heterocycles. The van der Waals surface area contributed by atoms with Gasteiger partial charge in [-0.25, -0.2) is 0 Å². The first-order chi connectivity index (χ1) is 8.31. The van der Waals surface area contributed by atoms with E-state index in [0.717, 1.165) is 52.1 Å². The lowest BCUT2D eigenvalue weighted by Crippen LogP contribution is -2.48. The Bertz CT molecular complexity index is 252. The Kier molecular flexibility index (Phi) is 4.80. The van der Waals surface area contributed by atoms with Crippen molar-refractivity contribution >= 4 is 5.91 Å². The van der Waals surface area contributed by atoms with E-state index in [2.05, 4.69) is 5.32 Å². The van der Waals surface area contributed by atoms with Gasteiger partial charge in [0.25, 0.3) is 0 Å². The van der Waals surface area contributed by atoms with E-state index in [9.17, 15) is 4.79 Å². The number of hydrogen-bond donors (Lipinski definition) is 1. The van der Waals surface area contributed by atoms with Gasteiger partial charge in [-0.1, -0.05) is 0 Å². The number of likely N-dealkylation sites (tertiary alicyclic amines) is 1. The van der Waals surface area contributed by atoms with Gasteiger partial charge in [0.05, 0.1) is 12.6 Å². The molecule has 0 aromatic carbocycles. The predicted molar refractivity (Wildman–Crippen MR) is 66.8 cm³/mol. The molecule has 4 nitrogen and oxygen atoms in total. The van der Waals surface area contributed by atoms with Gasteiger partial charge in [0.15, 0.2) is 0 Å². The van der Waals surface area contributed by atoms with Gasteiger partial charge in [0.1, 0.15) is 0 Å². The lowest BCUT2D eigenvalue weighted by Gasteiger charge is -2.34. The maximum atomic E-state index is 12.2. The van der Waals surface area contributed by atoms with Crippen LogP contribution in [0.5, 0.6) is 0 Å². The number of ether oxygens (including phenoxy) is 1. The van der Waals surface area contributed by atoms with Crippen molar-refractivity contribution in [2.75, 3.05) is 32.8 Å². The van der Waals surface area contributed by atoms with Crippen molar-refractivity contribution < 1.29 is 9.53 Å². The predicted octanol–water partition coefficient (Wildman–Crippen LogP) is 1.01. The van der Waals surface area contributed by atoms with Crippen molar-refractivity contribution in [1.29, 1.82) is 0 Å². The molecule has 0 aromatic heterocycles. The molecule has 2 rings (SSSR count). The van der Waals surface area contributed by atoms with Gasteiger partial charge in [0, 0.05) is 19.7 Å². The molecule has 0 spiro atoms. The van der Waals surface area contributed by atoms with E-state index in [-0.39, 0.29) is 6.04 Å². The maximum Gasteiger partial charge on any atom is 0.239 e. The van der Waals surface area contributed by atoms with Crippen LogP contribution in [-0.2, 0) is 9.53 Å². The Morgan fingerprint density at radius 2 is 2.29 bits per heavy atom. The third-order valence-corrected chi connectivity index (χ3v) is 3.75. The fourth-order valence-corrected chi connectivity index (χ4v) is 2.80. The highest BCUT2D eigenvalue weighted by Gasteiger charge is 2.30. The first kappa shape index (κ1) is 12.8. The molecule has 1 amide bonds. The summed E-state index contributed by atoms with van der Waals surface area (Å²) in [6.07, 6.45) is 4.45. The van der Waals surface area contributed by atoms with Crippen molar-refractivity contribution in [1.82, 2.24) is 10.2 Å². The highest BCUT2D eigenvalue weighted by atomic mass is 16.5. The zero-order valence-electron chi connectivity index (χ0n) is 10.8. The summed E-state index contributed by atoms with van der Waals surface area (Å²) in [6.45, 7) is 6.41. The molecule has 0 saturated carbocycles. The van der Waals surface area contributed by atoms with Crippen molar-refractivity contribution in [3.8, 4) is 0 Å². The summed E-state index contributed by atoms with van der Waals surface area (Å²) in [4.78, 5) is 14.3. The zero-order valence-corrected chi connectivity index (χ0v) is 10.8. The Balaban J connectivity index is 1.81. The van der Waals surface area contributed by atoms with Crippen LogP contribution in [0.15, 0.2) is 0 Å². The molecule has 2 aliphatic rings. The molecule has 0 bridgehead atoms. The first-order valence-electron chi connectivity index (χ1n) is 6.91. The molecule has 2 atom stereocenters. The summed E-state index contributed by atoms with van der Waals surface area (Å²) in [7, 11) is 0. The van der Waals surface area contributed by atoms with Gasteiger partial charge >= 0.3 is 0 Å². The number of carbonyl (C=O) groups excluding carboxylic acids is 1. The third-order valence-electron chi connectivity index (χ3n) is 3.75. The van der Waals surface area contributed by atoms with Gasteiger partial charge < -0.3 is 15.0 Å². The van der Waals surface area contributed by atoms with Crippen molar-refractivity contribution in [3.05, 3.63) is 0 Å². The average Bonchev–Trinajstić information content (AvgIpc) is 2.89. The molecule has 0 radical (unpaired) electrons. The van der Waals surface area contributed by atoms with Crippen LogP contribution in [0.1, 0.15) is 32.6 Å². The lowest BCUT2D eigenvalue weighted by atomic mass is 9.98. The van der Waals surface area contributed by atoms with Crippen LogP contribution in [0.25, 0.3) is 0 Å². The lowest BCUT2D eigenvalue weighted by molar-refractivity contribution is -0.135. The number of piperidine rings is 1. The third kappa shape index (κ3) is 3.42. The van der Waals surface area contributed by atoms with Crippen molar-refractivity contribution in [2.45, 2.75) is 38.6 Å². The van der Waals surface area contributed by atoms with E-state index in [1.807, 2.05) is 11.8 Å².